The number of hydrogen-bond donors (Lipinski definition) is 0. The van der Waals surface area contributed by atoms with Crippen LogP contribution in [0.15, 0.2) is 23.3 Å². The summed E-state index contributed by atoms with van der Waals surface area (Å²) >= 11 is 0. The van der Waals surface area contributed by atoms with Gasteiger partial charge < -0.3 is 0 Å². The predicted molar refractivity (Wildman–Crippen MR) is 82.4 cm³/mol. The van der Waals surface area contributed by atoms with E-state index >= 15 is 0 Å². The number of rotatable bonds is 4. The molecule has 100 valence electrons. The predicted octanol–water partition coefficient (Wildman–Crippen LogP) is 4.88. The van der Waals surface area contributed by atoms with Gasteiger partial charge in [-0.15, -0.1) is 0 Å². The fourth-order valence-corrected chi connectivity index (χ4v) is 2.69. The minimum Gasteiger partial charge on any atom is -0.0982 e. The van der Waals surface area contributed by atoms with Crippen molar-refractivity contribution in [2.24, 2.45) is 11.8 Å². The Morgan fingerprint density at radius 3 is 1.79 bits per heavy atom. The van der Waals surface area contributed by atoms with Crippen LogP contribution in [0.2, 0.25) is 0 Å². The Bertz CT molecular complexity index is 438. The number of fused-ring (bicyclic) bond motifs is 2. The zero-order valence-corrected chi connectivity index (χ0v) is 12.3. The standard InChI is InChI=1S/C19H24/c1-3-5-7-9-11-18-16-13-14-17(15-16)19(18)12-10-8-6-4-2/h13-14,16-17H,3-8,15H2,1-2H3/t16-,17+. The van der Waals surface area contributed by atoms with Crippen LogP contribution in [0.25, 0.3) is 0 Å². The van der Waals surface area contributed by atoms with E-state index < -0.39 is 0 Å². The lowest BCUT2D eigenvalue weighted by atomic mass is 9.97. The highest BCUT2D eigenvalue weighted by atomic mass is 14.4. The first-order valence-electron chi connectivity index (χ1n) is 7.77. The fourth-order valence-electron chi connectivity index (χ4n) is 2.69. The summed E-state index contributed by atoms with van der Waals surface area (Å²) in [7, 11) is 0. The molecule has 2 aliphatic rings. The Morgan fingerprint density at radius 1 is 0.895 bits per heavy atom. The van der Waals surface area contributed by atoms with Crippen LogP contribution in [0.4, 0.5) is 0 Å². The van der Waals surface area contributed by atoms with Gasteiger partial charge >= 0.3 is 0 Å². The van der Waals surface area contributed by atoms with Gasteiger partial charge in [0.25, 0.3) is 0 Å². The molecule has 0 saturated carbocycles. The molecule has 0 aromatic heterocycles. The second-order valence-electron chi connectivity index (χ2n) is 5.47. The highest BCUT2D eigenvalue weighted by molar-refractivity contribution is 5.54. The van der Waals surface area contributed by atoms with Crippen molar-refractivity contribution >= 4 is 0 Å². The first-order chi connectivity index (χ1) is 9.36. The van der Waals surface area contributed by atoms with Crippen LogP contribution >= 0.6 is 0 Å². The maximum atomic E-state index is 3.41. The molecule has 0 aromatic carbocycles. The molecule has 0 radical (unpaired) electrons. The molecule has 0 heterocycles. The van der Waals surface area contributed by atoms with Gasteiger partial charge in [-0.25, -0.2) is 0 Å². The van der Waals surface area contributed by atoms with Crippen LogP contribution in [0, 0.1) is 35.5 Å². The number of hydrogen-bond acceptors (Lipinski definition) is 0. The van der Waals surface area contributed by atoms with Crippen LogP contribution in [-0.2, 0) is 0 Å². The molecule has 0 N–H and O–H groups in total. The summed E-state index contributed by atoms with van der Waals surface area (Å²) in [6.45, 7) is 4.43. The number of unbranched alkanes of at least 4 members (excludes halogenated alkanes) is 4. The summed E-state index contributed by atoms with van der Waals surface area (Å²) in [5.41, 5.74) is 2.65. The lowest BCUT2D eigenvalue weighted by Gasteiger charge is -2.05. The van der Waals surface area contributed by atoms with Gasteiger partial charge in [0.2, 0.25) is 0 Å². The van der Waals surface area contributed by atoms with Gasteiger partial charge in [-0.05, 0) is 19.3 Å². The van der Waals surface area contributed by atoms with Gasteiger partial charge in [0.05, 0.1) is 0 Å². The van der Waals surface area contributed by atoms with E-state index in [1.54, 1.807) is 0 Å². The van der Waals surface area contributed by atoms with E-state index in [0.29, 0.717) is 11.8 Å². The highest BCUT2D eigenvalue weighted by Crippen LogP contribution is 2.43. The van der Waals surface area contributed by atoms with Crippen molar-refractivity contribution in [3.05, 3.63) is 23.3 Å². The number of allylic oxidation sites excluding steroid dienone is 4. The van der Waals surface area contributed by atoms with E-state index in [1.807, 2.05) is 0 Å². The van der Waals surface area contributed by atoms with Crippen molar-refractivity contribution in [2.45, 2.75) is 58.8 Å². The molecule has 0 saturated heterocycles. The van der Waals surface area contributed by atoms with E-state index in [1.165, 1.54) is 43.3 Å². The molecular formula is C19H24. The minimum atomic E-state index is 0.564. The average molecular weight is 252 g/mol. The molecule has 2 rings (SSSR count). The van der Waals surface area contributed by atoms with Crippen LogP contribution in [0.3, 0.4) is 0 Å². The van der Waals surface area contributed by atoms with Gasteiger partial charge in [0.1, 0.15) is 0 Å². The second kappa shape index (κ2) is 7.25. The van der Waals surface area contributed by atoms with Crippen molar-refractivity contribution < 1.29 is 0 Å². The summed E-state index contributed by atoms with van der Waals surface area (Å²) in [5.74, 6) is 14.6. The smallest absolute Gasteiger partial charge is 0.0211 e. The second-order valence-corrected chi connectivity index (χ2v) is 5.47. The van der Waals surface area contributed by atoms with Crippen LogP contribution in [0.5, 0.6) is 0 Å². The Morgan fingerprint density at radius 2 is 1.37 bits per heavy atom. The van der Waals surface area contributed by atoms with E-state index in [9.17, 15) is 0 Å². The average Bonchev–Trinajstić information content (AvgIpc) is 3.01. The Kier molecular flexibility index (Phi) is 5.35. The fraction of sp³-hybridized carbons (Fsp3) is 0.579. The van der Waals surface area contributed by atoms with Gasteiger partial charge in [-0.3, -0.25) is 0 Å². The van der Waals surface area contributed by atoms with Crippen LogP contribution in [-0.4, -0.2) is 0 Å². The monoisotopic (exact) mass is 252 g/mol. The normalized spacial score (nSPS) is 23.1. The summed E-state index contributed by atoms with van der Waals surface area (Å²) in [6.07, 6.45) is 12.8. The van der Waals surface area contributed by atoms with E-state index in [0.717, 1.165) is 12.8 Å². The molecule has 19 heavy (non-hydrogen) atoms. The Balaban J connectivity index is 2.06. The SMILES string of the molecule is CCCCC#CC1=C(C#CCCCC)[C@H]2C=C[C@@H]1C2. The lowest BCUT2D eigenvalue weighted by molar-refractivity contribution is 0.715. The third-order valence-corrected chi connectivity index (χ3v) is 3.87. The molecular weight excluding hydrogens is 228 g/mol. The van der Waals surface area contributed by atoms with E-state index in [4.69, 9.17) is 0 Å². The molecule has 0 aromatic rings. The zero-order valence-electron chi connectivity index (χ0n) is 12.3. The Labute approximate surface area is 118 Å². The summed E-state index contributed by atoms with van der Waals surface area (Å²) in [6, 6.07) is 0. The van der Waals surface area contributed by atoms with Gasteiger partial charge in [0, 0.05) is 35.8 Å². The van der Waals surface area contributed by atoms with Crippen LogP contribution in [0.1, 0.15) is 58.8 Å². The van der Waals surface area contributed by atoms with E-state index in [2.05, 4.69) is 49.7 Å². The summed E-state index contributed by atoms with van der Waals surface area (Å²) in [4.78, 5) is 0. The van der Waals surface area contributed by atoms with Gasteiger partial charge in [-0.2, -0.15) is 0 Å². The molecule has 0 spiro atoms. The maximum Gasteiger partial charge on any atom is 0.0211 e. The third-order valence-electron chi connectivity index (χ3n) is 3.87. The lowest BCUT2D eigenvalue weighted by Crippen LogP contribution is -1.95. The van der Waals surface area contributed by atoms with Crippen molar-refractivity contribution in [1.82, 2.24) is 0 Å². The van der Waals surface area contributed by atoms with Crippen molar-refractivity contribution in [3.8, 4) is 23.7 Å². The Hall–Kier alpha value is -1.40. The highest BCUT2D eigenvalue weighted by Gasteiger charge is 2.33. The topological polar surface area (TPSA) is 0 Å². The first kappa shape index (κ1) is 14.0. The third kappa shape index (κ3) is 3.54. The van der Waals surface area contributed by atoms with Crippen molar-refractivity contribution in [3.63, 3.8) is 0 Å². The van der Waals surface area contributed by atoms with Crippen LogP contribution < -0.4 is 0 Å². The molecule has 0 fully saturated rings. The first-order valence-corrected chi connectivity index (χ1v) is 7.77. The van der Waals surface area contributed by atoms with Crippen molar-refractivity contribution in [1.29, 1.82) is 0 Å². The molecule has 0 aliphatic heterocycles. The maximum absolute atomic E-state index is 3.41. The summed E-state index contributed by atoms with van der Waals surface area (Å²) < 4.78 is 0. The molecule has 0 unspecified atom stereocenters. The largest absolute Gasteiger partial charge is 0.0982 e. The molecule has 2 atom stereocenters. The minimum absolute atomic E-state index is 0.564. The summed E-state index contributed by atoms with van der Waals surface area (Å²) in [5, 5.41) is 0. The molecule has 0 amide bonds. The quantitative estimate of drug-likeness (QED) is 0.380. The molecule has 0 nitrogen and oxygen atoms in total. The molecule has 2 aliphatic carbocycles. The van der Waals surface area contributed by atoms with Gasteiger partial charge in [0.15, 0.2) is 0 Å². The zero-order chi connectivity index (χ0) is 13.5. The van der Waals surface area contributed by atoms with Crippen molar-refractivity contribution in [2.75, 3.05) is 0 Å². The molecule has 0 heteroatoms. The van der Waals surface area contributed by atoms with Gasteiger partial charge in [-0.1, -0.05) is 62.5 Å². The van der Waals surface area contributed by atoms with E-state index in [-0.39, 0.29) is 0 Å². The molecule has 2 bridgehead atoms.